The summed E-state index contributed by atoms with van der Waals surface area (Å²) in [6, 6.07) is 0. The Hall–Kier alpha value is -1.18. The van der Waals surface area contributed by atoms with Crippen LogP contribution >= 0.6 is 23.5 Å². The molecular formula is C43H83O20P3. The second-order valence-electron chi connectivity index (χ2n) is 17.4. The topological polar surface area (TPSA) is 320 Å². The normalized spacial score (nSPS) is 21.6. The van der Waals surface area contributed by atoms with Gasteiger partial charge in [0.05, 0.1) is 19.6 Å². The number of ketones is 1. The number of carbonyl (C=O) groups excluding carboxylic acids is 3. The zero-order valence-electron chi connectivity index (χ0n) is 39.3. The fourth-order valence-corrected chi connectivity index (χ4v) is 9.84. The average molecular weight is 1010 g/mol. The Morgan fingerprint density at radius 1 is 0.470 bits per heavy atom. The van der Waals surface area contributed by atoms with Gasteiger partial charge in [-0.25, -0.2) is 13.7 Å². The zero-order valence-corrected chi connectivity index (χ0v) is 42.0. The first-order valence-corrected chi connectivity index (χ1v) is 28.8. The number of esters is 2. The van der Waals surface area contributed by atoms with Crippen molar-refractivity contribution in [2.75, 3.05) is 13.2 Å². The van der Waals surface area contributed by atoms with Gasteiger partial charge in [0.15, 0.2) is 0 Å². The fraction of sp³-hybridized carbons (Fsp3) is 0.930. The number of phosphoric ester groups is 3. The summed E-state index contributed by atoms with van der Waals surface area (Å²) in [4.78, 5) is 85.1. The molecule has 0 bridgehead atoms. The van der Waals surface area contributed by atoms with Crippen LogP contribution in [-0.4, -0.2) is 113 Å². The Balaban J connectivity index is 2.73. The standard InChI is InChI=1S/C43H83O20P3/c1-3-5-6-7-8-9-10-11-14-17-20-23-26-30-36(45)60-35(32-37(46)58-31-27-24-21-18-15-12-13-16-19-22-25-29-34(44)28-4-2)33-59-66(56,57)63-43-39(48)41(61-64(50,51)52)38(47)42(40(43)49)62-65(53,54)55/h35,38-43,47-49H,3-33H2,1-2H3,(H,56,57)(H2,50,51,52)(H2,53,54,55)/t35-,38?,39+,40?,41+,42-,43?/m1/s1. The minimum Gasteiger partial charge on any atom is -0.466 e. The minimum atomic E-state index is -5.56. The quantitative estimate of drug-likeness (QED) is 0.0163. The van der Waals surface area contributed by atoms with Crippen molar-refractivity contribution < 1.29 is 95.4 Å². The Labute approximate surface area is 391 Å². The second-order valence-corrected chi connectivity index (χ2v) is 21.2. The highest BCUT2D eigenvalue weighted by Gasteiger charge is 2.56. The highest BCUT2D eigenvalue weighted by atomic mass is 31.2. The van der Waals surface area contributed by atoms with Gasteiger partial charge in [0.25, 0.3) is 0 Å². The third kappa shape index (κ3) is 31.9. The van der Waals surface area contributed by atoms with Gasteiger partial charge in [-0.2, -0.15) is 0 Å². The van der Waals surface area contributed by atoms with Gasteiger partial charge in [-0.15, -0.1) is 0 Å². The highest BCUT2D eigenvalue weighted by Crippen LogP contribution is 2.51. The third-order valence-corrected chi connectivity index (χ3v) is 13.3. The molecule has 1 aliphatic rings. The second kappa shape index (κ2) is 35.8. The van der Waals surface area contributed by atoms with Crippen LogP contribution in [0.15, 0.2) is 0 Å². The van der Waals surface area contributed by atoms with E-state index in [0.717, 1.165) is 103 Å². The van der Waals surface area contributed by atoms with E-state index in [9.17, 15) is 67.9 Å². The molecule has 0 heterocycles. The molecule has 1 fully saturated rings. The lowest BCUT2D eigenvalue weighted by molar-refractivity contribution is -0.213. The minimum absolute atomic E-state index is 0.0252. The first-order valence-electron chi connectivity index (χ1n) is 24.2. The molecule has 0 aromatic carbocycles. The molecule has 0 aliphatic heterocycles. The van der Waals surface area contributed by atoms with E-state index in [-0.39, 0.29) is 13.0 Å². The van der Waals surface area contributed by atoms with Gasteiger partial charge in [-0.05, 0) is 25.7 Å². The maximum absolute atomic E-state index is 13.1. The number of aliphatic hydroxyl groups excluding tert-OH is 3. The lowest BCUT2D eigenvalue weighted by Crippen LogP contribution is -2.65. The highest BCUT2D eigenvalue weighted by molar-refractivity contribution is 7.47. The molecule has 20 nitrogen and oxygen atoms in total. The van der Waals surface area contributed by atoms with Crippen molar-refractivity contribution >= 4 is 41.2 Å². The van der Waals surface area contributed by atoms with Crippen molar-refractivity contribution in [2.45, 2.75) is 243 Å². The summed E-state index contributed by atoms with van der Waals surface area (Å²) in [5, 5.41) is 31.8. The first kappa shape index (κ1) is 62.8. The van der Waals surface area contributed by atoms with E-state index < -0.39 is 91.2 Å². The molecule has 0 amide bonds. The van der Waals surface area contributed by atoms with E-state index in [2.05, 4.69) is 16.0 Å². The van der Waals surface area contributed by atoms with Crippen LogP contribution in [-0.2, 0) is 55.6 Å². The largest absolute Gasteiger partial charge is 0.472 e. The number of rotatable bonds is 42. The summed E-state index contributed by atoms with van der Waals surface area (Å²) >= 11 is 0. The maximum Gasteiger partial charge on any atom is 0.472 e. The van der Waals surface area contributed by atoms with Gasteiger partial charge in [0.2, 0.25) is 0 Å². The molecule has 1 saturated carbocycles. The summed E-state index contributed by atoms with van der Waals surface area (Å²) in [6.45, 7) is 3.32. The van der Waals surface area contributed by atoms with Gasteiger partial charge >= 0.3 is 35.4 Å². The Kier molecular flexibility index (Phi) is 34.1. The predicted molar refractivity (Wildman–Crippen MR) is 244 cm³/mol. The summed E-state index contributed by atoms with van der Waals surface area (Å²) in [6.07, 6.45) is 10.3. The van der Waals surface area contributed by atoms with Crippen LogP contribution in [0.3, 0.4) is 0 Å². The number of carbonyl (C=O) groups is 3. The Morgan fingerprint density at radius 2 is 0.848 bits per heavy atom. The molecule has 0 spiro atoms. The van der Waals surface area contributed by atoms with E-state index >= 15 is 0 Å². The Morgan fingerprint density at radius 3 is 1.26 bits per heavy atom. The molecule has 4 unspecified atom stereocenters. The molecule has 8 atom stereocenters. The molecule has 1 aliphatic carbocycles. The molecule has 0 aromatic heterocycles. The van der Waals surface area contributed by atoms with Crippen LogP contribution in [0.1, 0.15) is 200 Å². The first-order chi connectivity index (χ1) is 31.2. The van der Waals surface area contributed by atoms with E-state index in [0.29, 0.717) is 31.5 Å². The van der Waals surface area contributed by atoms with Crippen molar-refractivity contribution in [1.29, 1.82) is 0 Å². The maximum atomic E-state index is 13.1. The lowest BCUT2D eigenvalue weighted by atomic mass is 9.85. The molecule has 66 heavy (non-hydrogen) atoms. The number of hydrogen-bond acceptors (Lipinski definition) is 15. The number of Topliss-reactive ketones (excluding diaryl/α,β-unsaturated/α-hetero) is 1. The molecular weight excluding hydrogens is 929 g/mol. The number of hydrogen-bond donors (Lipinski definition) is 8. The SMILES string of the molecule is CCCCCCCCCCCCCCCC(=O)O[C@@H](COP(=O)(O)OC1C(O)[C@H](OP(=O)(O)O)C(O)[C@H](OP(=O)(O)O)[C@@H]1O)CC(=O)OCCCCCCCCCCCCCC(=O)CCC. The molecule has 0 aromatic rings. The van der Waals surface area contributed by atoms with Crippen LogP contribution in [0.4, 0.5) is 0 Å². The lowest BCUT2D eigenvalue weighted by Gasteiger charge is -2.44. The summed E-state index contributed by atoms with van der Waals surface area (Å²) in [5.41, 5.74) is 0. The molecule has 0 saturated heterocycles. The van der Waals surface area contributed by atoms with Crippen LogP contribution in [0.2, 0.25) is 0 Å². The number of aliphatic hydroxyl groups is 3. The predicted octanol–water partition coefficient (Wildman–Crippen LogP) is 7.92. The van der Waals surface area contributed by atoms with Crippen molar-refractivity contribution in [3.8, 4) is 0 Å². The number of unbranched alkanes of at least 4 members (excludes halogenated alkanes) is 22. The average Bonchev–Trinajstić information content (AvgIpc) is 3.23. The summed E-state index contributed by atoms with van der Waals surface area (Å²) in [7, 11) is -16.6. The summed E-state index contributed by atoms with van der Waals surface area (Å²) < 4.78 is 65.5. The van der Waals surface area contributed by atoms with Crippen LogP contribution in [0.5, 0.6) is 0 Å². The Bertz CT molecular complexity index is 1420. The van der Waals surface area contributed by atoms with Crippen LogP contribution in [0, 0.1) is 0 Å². The van der Waals surface area contributed by atoms with Crippen molar-refractivity contribution in [3.05, 3.63) is 0 Å². The van der Waals surface area contributed by atoms with E-state index in [1.165, 1.54) is 44.9 Å². The third-order valence-electron chi connectivity index (χ3n) is 11.3. The fourth-order valence-electron chi connectivity index (χ4n) is 7.74. The van der Waals surface area contributed by atoms with Gasteiger partial charge in [0.1, 0.15) is 48.5 Å². The van der Waals surface area contributed by atoms with E-state index in [1.807, 2.05) is 6.92 Å². The van der Waals surface area contributed by atoms with Gasteiger partial charge in [-0.1, -0.05) is 149 Å². The van der Waals surface area contributed by atoms with Gasteiger partial charge in [0, 0.05) is 19.3 Å². The number of phosphoric acid groups is 3. The van der Waals surface area contributed by atoms with Crippen LogP contribution in [0.25, 0.3) is 0 Å². The molecule has 0 radical (unpaired) electrons. The van der Waals surface area contributed by atoms with Crippen molar-refractivity contribution in [1.82, 2.24) is 0 Å². The van der Waals surface area contributed by atoms with Crippen molar-refractivity contribution in [3.63, 3.8) is 0 Å². The molecule has 1 rings (SSSR count). The summed E-state index contributed by atoms with van der Waals surface area (Å²) in [5.74, 6) is -1.18. The number of ether oxygens (including phenoxy) is 2. The van der Waals surface area contributed by atoms with E-state index in [1.54, 1.807) is 0 Å². The monoisotopic (exact) mass is 1010 g/mol. The van der Waals surface area contributed by atoms with Gasteiger partial charge in [-0.3, -0.25) is 32.5 Å². The van der Waals surface area contributed by atoms with Crippen molar-refractivity contribution in [2.24, 2.45) is 0 Å². The van der Waals surface area contributed by atoms with E-state index in [4.69, 9.17) is 18.5 Å². The zero-order chi connectivity index (χ0) is 49.4. The van der Waals surface area contributed by atoms with Gasteiger partial charge < -0.3 is 49.3 Å². The molecule has 8 N–H and O–H groups in total. The molecule has 23 heteroatoms. The molecule has 390 valence electrons. The smallest absolute Gasteiger partial charge is 0.466 e. The van der Waals surface area contributed by atoms with Crippen LogP contribution < -0.4 is 0 Å².